The molecule has 1 aliphatic carbocycles. The molecular formula is C19H20N2O3. The maximum absolute atomic E-state index is 11.8. The molecule has 0 radical (unpaired) electrons. The van der Waals surface area contributed by atoms with Crippen LogP contribution in [0.5, 0.6) is 0 Å². The second-order valence-corrected chi connectivity index (χ2v) is 5.68. The van der Waals surface area contributed by atoms with E-state index in [0.29, 0.717) is 0 Å². The zero-order chi connectivity index (χ0) is 16.9. The van der Waals surface area contributed by atoms with Crippen LogP contribution in [0.1, 0.15) is 23.5 Å². The van der Waals surface area contributed by atoms with Crippen LogP contribution in [0.4, 0.5) is 4.79 Å². The lowest BCUT2D eigenvalue weighted by molar-refractivity contribution is -0.120. The van der Waals surface area contributed by atoms with Crippen molar-refractivity contribution in [3.63, 3.8) is 0 Å². The Balaban J connectivity index is 1.63. The number of nitrogens with one attached hydrogen (secondary N) is 2. The summed E-state index contributed by atoms with van der Waals surface area (Å²) in [5.41, 5.74) is 4.75. The second-order valence-electron chi connectivity index (χ2n) is 5.68. The maximum Gasteiger partial charge on any atom is 0.407 e. The van der Waals surface area contributed by atoms with Crippen LogP contribution in [0.25, 0.3) is 11.1 Å². The number of amides is 2. The SMILES string of the molecule is CNC(=O)CCNC(=O)OCC1c2ccccc2-c2ccccc21. The Labute approximate surface area is 141 Å². The monoisotopic (exact) mass is 324 g/mol. The van der Waals surface area contributed by atoms with Gasteiger partial charge in [0.1, 0.15) is 6.61 Å². The second kappa shape index (κ2) is 7.17. The highest BCUT2D eigenvalue weighted by molar-refractivity contribution is 5.79. The van der Waals surface area contributed by atoms with E-state index < -0.39 is 6.09 Å². The number of hydrogen-bond acceptors (Lipinski definition) is 3. The topological polar surface area (TPSA) is 67.4 Å². The van der Waals surface area contributed by atoms with Gasteiger partial charge in [-0.15, -0.1) is 0 Å². The minimum Gasteiger partial charge on any atom is -0.449 e. The molecule has 124 valence electrons. The van der Waals surface area contributed by atoms with Crippen molar-refractivity contribution in [2.45, 2.75) is 12.3 Å². The number of benzene rings is 2. The van der Waals surface area contributed by atoms with Gasteiger partial charge in [-0.05, 0) is 22.3 Å². The van der Waals surface area contributed by atoms with E-state index in [4.69, 9.17) is 4.74 Å². The van der Waals surface area contributed by atoms with Crippen LogP contribution in [0.2, 0.25) is 0 Å². The molecule has 2 amide bonds. The van der Waals surface area contributed by atoms with E-state index in [2.05, 4.69) is 34.9 Å². The van der Waals surface area contributed by atoms with Gasteiger partial charge in [0.05, 0.1) is 0 Å². The summed E-state index contributed by atoms with van der Waals surface area (Å²) in [6.45, 7) is 0.538. The molecule has 2 N–H and O–H groups in total. The normalized spacial score (nSPS) is 12.2. The summed E-state index contributed by atoms with van der Waals surface area (Å²) in [6, 6.07) is 16.4. The van der Waals surface area contributed by atoms with Gasteiger partial charge < -0.3 is 15.4 Å². The zero-order valence-electron chi connectivity index (χ0n) is 13.5. The standard InChI is InChI=1S/C19H20N2O3/c1-20-18(22)10-11-21-19(23)24-12-17-15-8-4-2-6-13(15)14-7-3-5-9-16(14)17/h2-9,17H,10-12H2,1H3,(H,20,22)(H,21,23). The highest BCUT2D eigenvalue weighted by Crippen LogP contribution is 2.44. The van der Waals surface area contributed by atoms with Crippen LogP contribution in [-0.2, 0) is 9.53 Å². The van der Waals surface area contributed by atoms with Crippen molar-refractivity contribution in [2.75, 3.05) is 20.2 Å². The molecule has 5 heteroatoms. The van der Waals surface area contributed by atoms with Crippen LogP contribution < -0.4 is 10.6 Å². The molecule has 24 heavy (non-hydrogen) atoms. The van der Waals surface area contributed by atoms with Crippen LogP contribution in [0.3, 0.4) is 0 Å². The third-order valence-electron chi connectivity index (χ3n) is 4.24. The predicted molar refractivity (Wildman–Crippen MR) is 91.8 cm³/mol. The van der Waals surface area contributed by atoms with Gasteiger partial charge in [-0.25, -0.2) is 4.79 Å². The van der Waals surface area contributed by atoms with Crippen molar-refractivity contribution < 1.29 is 14.3 Å². The van der Waals surface area contributed by atoms with Crippen LogP contribution >= 0.6 is 0 Å². The van der Waals surface area contributed by atoms with E-state index >= 15 is 0 Å². The quantitative estimate of drug-likeness (QED) is 0.888. The third kappa shape index (κ3) is 3.25. The van der Waals surface area contributed by atoms with Crippen molar-refractivity contribution in [2.24, 2.45) is 0 Å². The van der Waals surface area contributed by atoms with Gasteiger partial charge in [0.25, 0.3) is 0 Å². The van der Waals surface area contributed by atoms with Gasteiger partial charge in [-0.3, -0.25) is 4.79 Å². The van der Waals surface area contributed by atoms with Crippen LogP contribution in [0, 0.1) is 0 Å². The fourth-order valence-corrected chi connectivity index (χ4v) is 3.05. The molecule has 0 heterocycles. The van der Waals surface area contributed by atoms with Crippen molar-refractivity contribution >= 4 is 12.0 Å². The summed E-state index contributed by atoms with van der Waals surface area (Å²) in [6.07, 6.45) is -0.262. The smallest absolute Gasteiger partial charge is 0.407 e. The minimum atomic E-state index is -0.499. The Bertz CT molecular complexity index is 712. The molecule has 0 spiro atoms. The van der Waals surface area contributed by atoms with Gasteiger partial charge in [0, 0.05) is 25.9 Å². The number of hydrogen-bond donors (Lipinski definition) is 2. The first-order valence-corrected chi connectivity index (χ1v) is 8.00. The van der Waals surface area contributed by atoms with Gasteiger partial charge in [0.15, 0.2) is 0 Å². The number of carbonyl (C=O) groups excluding carboxylic acids is 2. The first-order chi connectivity index (χ1) is 11.7. The van der Waals surface area contributed by atoms with Crippen molar-refractivity contribution in [1.29, 1.82) is 0 Å². The first-order valence-electron chi connectivity index (χ1n) is 8.00. The van der Waals surface area contributed by atoms with Crippen molar-refractivity contribution in [1.82, 2.24) is 10.6 Å². The van der Waals surface area contributed by atoms with E-state index in [-0.39, 0.29) is 31.4 Å². The molecule has 2 aromatic carbocycles. The van der Waals surface area contributed by atoms with Gasteiger partial charge in [-0.1, -0.05) is 48.5 Å². The molecule has 0 bridgehead atoms. The molecule has 2 aromatic rings. The fourth-order valence-electron chi connectivity index (χ4n) is 3.05. The summed E-state index contributed by atoms with van der Waals surface area (Å²) < 4.78 is 5.37. The lowest BCUT2D eigenvalue weighted by atomic mass is 9.98. The molecule has 0 aliphatic heterocycles. The molecule has 1 aliphatic rings. The predicted octanol–water partition coefficient (Wildman–Crippen LogP) is 2.66. The molecule has 5 nitrogen and oxygen atoms in total. The number of carbonyl (C=O) groups is 2. The van der Waals surface area contributed by atoms with E-state index in [1.165, 1.54) is 22.3 Å². The Morgan fingerprint density at radius 3 is 2.17 bits per heavy atom. The summed E-state index contributed by atoms with van der Waals surface area (Å²) in [5, 5.41) is 5.10. The maximum atomic E-state index is 11.8. The Kier molecular flexibility index (Phi) is 4.79. The largest absolute Gasteiger partial charge is 0.449 e. The molecule has 0 saturated carbocycles. The van der Waals surface area contributed by atoms with Gasteiger partial charge in [-0.2, -0.15) is 0 Å². The van der Waals surface area contributed by atoms with Gasteiger partial charge >= 0.3 is 6.09 Å². The zero-order valence-corrected chi connectivity index (χ0v) is 13.5. The average Bonchev–Trinajstić information content (AvgIpc) is 2.94. The van der Waals surface area contributed by atoms with Crippen molar-refractivity contribution in [3.05, 3.63) is 59.7 Å². The molecule has 0 fully saturated rings. The molecular weight excluding hydrogens is 304 g/mol. The van der Waals surface area contributed by atoms with E-state index in [9.17, 15) is 9.59 Å². The van der Waals surface area contributed by atoms with E-state index in [1.54, 1.807) is 7.05 Å². The summed E-state index contributed by atoms with van der Waals surface area (Å²) in [4.78, 5) is 23.0. The molecule has 0 saturated heterocycles. The van der Waals surface area contributed by atoms with E-state index in [0.717, 1.165) is 0 Å². The Morgan fingerprint density at radius 1 is 1.00 bits per heavy atom. The first kappa shape index (κ1) is 16.1. The minimum absolute atomic E-state index is 0.0436. The lowest BCUT2D eigenvalue weighted by Crippen LogP contribution is -2.30. The highest BCUT2D eigenvalue weighted by atomic mass is 16.5. The molecule has 3 rings (SSSR count). The van der Waals surface area contributed by atoms with Crippen LogP contribution in [-0.4, -0.2) is 32.2 Å². The lowest BCUT2D eigenvalue weighted by Gasteiger charge is -2.14. The summed E-state index contributed by atoms with van der Waals surface area (Å²) >= 11 is 0. The molecule has 0 atom stereocenters. The van der Waals surface area contributed by atoms with Gasteiger partial charge in [0.2, 0.25) is 5.91 Å². The number of alkyl carbamates (subject to hydrolysis) is 1. The number of rotatable bonds is 5. The van der Waals surface area contributed by atoms with Crippen LogP contribution in [0.15, 0.2) is 48.5 Å². The third-order valence-corrected chi connectivity index (χ3v) is 4.24. The Morgan fingerprint density at radius 2 is 1.58 bits per heavy atom. The average molecular weight is 324 g/mol. The van der Waals surface area contributed by atoms with E-state index in [1.807, 2.05) is 24.3 Å². The highest BCUT2D eigenvalue weighted by Gasteiger charge is 2.28. The summed E-state index contributed by atoms with van der Waals surface area (Å²) in [5.74, 6) is -0.0731. The molecule has 0 unspecified atom stereocenters. The summed E-state index contributed by atoms with van der Waals surface area (Å²) in [7, 11) is 1.57. The molecule has 0 aromatic heterocycles. The number of fused-ring (bicyclic) bond motifs is 3. The Hall–Kier alpha value is -2.82. The fraction of sp³-hybridized carbons (Fsp3) is 0.263. The van der Waals surface area contributed by atoms with Crippen molar-refractivity contribution in [3.8, 4) is 11.1 Å². The number of ether oxygens (including phenoxy) is 1.